The van der Waals surface area contributed by atoms with E-state index in [0.29, 0.717) is 30.3 Å². The van der Waals surface area contributed by atoms with Gasteiger partial charge in [-0.3, -0.25) is 14.9 Å². The molecule has 1 aliphatic carbocycles. The number of nitrogens with zero attached hydrogens (tertiary/aromatic N) is 1. The van der Waals surface area contributed by atoms with Crippen molar-refractivity contribution in [1.82, 2.24) is 5.32 Å². The molecule has 0 bridgehead atoms. The Kier molecular flexibility index (Phi) is 7.50. The van der Waals surface area contributed by atoms with Crippen molar-refractivity contribution in [1.29, 1.82) is 0 Å². The number of carboxylic acids is 1. The number of rotatable bonds is 8. The maximum Gasteiger partial charge on any atom is 0.320 e. The lowest BCUT2D eigenvalue weighted by Gasteiger charge is -2.29. The van der Waals surface area contributed by atoms with Crippen LogP contribution in [0.3, 0.4) is 0 Å². The molecule has 0 radical (unpaired) electrons. The minimum absolute atomic E-state index is 0.0867. The monoisotopic (exact) mass is 452 g/mol. The van der Waals surface area contributed by atoms with Gasteiger partial charge in [-0.2, -0.15) is 0 Å². The highest BCUT2D eigenvalue weighted by molar-refractivity contribution is 5.99. The molecule has 0 unspecified atom stereocenters. The molecule has 2 atom stereocenters. The number of methoxy groups -OCH3 is 1. The molecule has 1 heterocycles. The first-order valence-corrected chi connectivity index (χ1v) is 11.7. The van der Waals surface area contributed by atoms with E-state index in [0.717, 1.165) is 37.0 Å². The molecule has 7 heteroatoms. The molecule has 2 aromatic rings. The first kappa shape index (κ1) is 23.1. The predicted molar refractivity (Wildman–Crippen MR) is 126 cm³/mol. The first-order chi connectivity index (χ1) is 16.0. The summed E-state index contributed by atoms with van der Waals surface area (Å²) in [6.07, 6.45) is 6.14. The number of carbonyl (C=O) groups is 2. The zero-order chi connectivity index (χ0) is 23.2. The third-order valence-electron chi connectivity index (χ3n) is 6.62. The number of para-hydroxylation sites is 2. The molecule has 2 N–H and O–H groups in total. The molecule has 4 rings (SSSR count). The van der Waals surface area contributed by atoms with Crippen LogP contribution in [0.15, 0.2) is 48.5 Å². The van der Waals surface area contributed by atoms with Gasteiger partial charge >= 0.3 is 5.97 Å². The highest BCUT2D eigenvalue weighted by Gasteiger charge is 2.35. The minimum atomic E-state index is -0.920. The molecule has 0 spiro atoms. The van der Waals surface area contributed by atoms with Crippen molar-refractivity contribution in [3.63, 3.8) is 0 Å². The number of anilines is 1. The van der Waals surface area contributed by atoms with Crippen LogP contribution in [0, 0.1) is 5.92 Å². The van der Waals surface area contributed by atoms with Gasteiger partial charge < -0.3 is 19.5 Å². The van der Waals surface area contributed by atoms with Crippen LogP contribution in [0.5, 0.6) is 11.5 Å². The van der Waals surface area contributed by atoms with Gasteiger partial charge in [0.2, 0.25) is 5.91 Å². The molecule has 2 aromatic carbocycles. The van der Waals surface area contributed by atoms with Crippen molar-refractivity contribution >= 4 is 17.6 Å². The third-order valence-corrected chi connectivity index (χ3v) is 6.62. The number of ether oxygens (including phenoxy) is 2. The van der Waals surface area contributed by atoms with Crippen molar-refractivity contribution in [3.05, 3.63) is 54.1 Å². The topological polar surface area (TPSA) is 88.1 Å². The van der Waals surface area contributed by atoms with Crippen LogP contribution in [-0.4, -0.2) is 42.8 Å². The number of hydrogen-bond acceptors (Lipinski definition) is 5. The van der Waals surface area contributed by atoms with Gasteiger partial charge in [0.25, 0.3) is 0 Å². The van der Waals surface area contributed by atoms with Gasteiger partial charge in [-0.05, 0) is 42.2 Å². The standard InChI is InChI=1S/C26H32N2O5/c1-32-20-13-11-19(12-14-20)16-28-23-9-5-6-10-24(23)33-17-22(25(28)29)27-21(26(30)31)15-18-7-3-2-4-8-18/h5-6,9-14,18,21-22,27H,2-4,7-8,15-17H2,1H3,(H,30,31)/t21-,22-/m0/s1. The zero-order valence-corrected chi connectivity index (χ0v) is 19.0. The predicted octanol–water partition coefficient (Wildman–Crippen LogP) is 4.00. The minimum Gasteiger partial charge on any atom is -0.497 e. The number of aliphatic carboxylic acids is 1. The van der Waals surface area contributed by atoms with E-state index in [1.54, 1.807) is 12.0 Å². The first-order valence-electron chi connectivity index (χ1n) is 11.7. The molecule has 7 nitrogen and oxygen atoms in total. The van der Waals surface area contributed by atoms with E-state index >= 15 is 0 Å². The number of fused-ring (bicyclic) bond motifs is 1. The van der Waals surface area contributed by atoms with Crippen molar-refractivity contribution in [2.45, 2.75) is 57.2 Å². The molecular weight excluding hydrogens is 420 g/mol. The number of amides is 1. The Hall–Kier alpha value is -3.06. The van der Waals surface area contributed by atoms with Crippen molar-refractivity contribution in [2.24, 2.45) is 5.92 Å². The van der Waals surface area contributed by atoms with Crippen LogP contribution >= 0.6 is 0 Å². The van der Waals surface area contributed by atoms with Crippen LogP contribution in [0.1, 0.15) is 44.1 Å². The lowest BCUT2D eigenvalue weighted by Crippen LogP contribution is -2.54. The fourth-order valence-corrected chi connectivity index (χ4v) is 4.79. The average Bonchev–Trinajstić information content (AvgIpc) is 2.97. The van der Waals surface area contributed by atoms with Crippen molar-refractivity contribution in [3.8, 4) is 11.5 Å². The summed E-state index contributed by atoms with van der Waals surface area (Å²) in [5.41, 5.74) is 1.62. The van der Waals surface area contributed by atoms with E-state index in [1.807, 2.05) is 48.5 Å². The Morgan fingerprint density at radius 1 is 1.15 bits per heavy atom. The maximum atomic E-state index is 13.7. The smallest absolute Gasteiger partial charge is 0.320 e. The Morgan fingerprint density at radius 2 is 1.88 bits per heavy atom. The Bertz CT molecular complexity index is 955. The number of carboxylic acid groups (broad SMARTS) is 1. The van der Waals surface area contributed by atoms with Crippen molar-refractivity contribution < 1.29 is 24.2 Å². The molecular formula is C26H32N2O5. The number of nitrogens with one attached hydrogen (secondary N) is 1. The number of hydrogen-bond donors (Lipinski definition) is 2. The molecule has 2 aliphatic rings. The summed E-state index contributed by atoms with van der Waals surface area (Å²) in [6, 6.07) is 13.5. The fraction of sp³-hybridized carbons (Fsp3) is 0.462. The lowest BCUT2D eigenvalue weighted by atomic mass is 9.84. The third kappa shape index (κ3) is 5.66. The summed E-state index contributed by atoms with van der Waals surface area (Å²) < 4.78 is 11.2. The Labute approximate surface area is 194 Å². The largest absolute Gasteiger partial charge is 0.497 e. The fourth-order valence-electron chi connectivity index (χ4n) is 4.79. The van der Waals surface area contributed by atoms with E-state index in [4.69, 9.17) is 9.47 Å². The molecule has 0 aromatic heterocycles. The normalized spacial score (nSPS) is 19.8. The summed E-state index contributed by atoms with van der Waals surface area (Å²) in [5.74, 6) is 0.628. The molecule has 0 saturated heterocycles. The lowest BCUT2D eigenvalue weighted by molar-refractivity contribution is -0.140. The SMILES string of the molecule is COc1ccc(CN2C(=O)[C@@H](N[C@@H](CC3CCCCC3)C(=O)O)COc3ccccc32)cc1. The zero-order valence-electron chi connectivity index (χ0n) is 19.0. The average molecular weight is 453 g/mol. The van der Waals surface area contributed by atoms with Gasteiger partial charge in [-0.15, -0.1) is 0 Å². The molecule has 176 valence electrons. The van der Waals surface area contributed by atoms with Gasteiger partial charge in [0.05, 0.1) is 19.3 Å². The molecule has 1 saturated carbocycles. The van der Waals surface area contributed by atoms with Gasteiger partial charge in [-0.25, -0.2) is 0 Å². The van der Waals surface area contributed by atoms with Crippen molar-refractivity contribution in [2.75, 3.05) is 18.6 Å². The molecule has 33 heavy (non-hydrogen) atoms. The number of benzene rings is 2. The summed E-state index contributed by atoms with van der Waals surface area (Å²) >= 11 is 0. The Morgan fingerprint density at radius 3 is 2.58 bits per heavy atom. The second-order valence-corrected chi connectivity index (χ2v) is 8.90. The van der Waals surface area contributed by atoms with Crippen LogP contribution in [0.4, 0.5) is 5.69 Å². The van der Waals surface area contributed by atoms with Crippen LogP contribution in [0.25, 0.3) is 0 Å². The van der Waals surface area contributed by atoms with E-state index in [-0.39, 0.29) is 12.5 Å². The second-order valence-electron chi connectivity index (χ2n) is 8.90. The van der Waals surface area contributed by atoms with E-state index in [2.05, 4.69) is 5.32 Å². The maximum absolute atomic E-state index is 13.7. The quantitative estimate of drug-likeness (QED) is 0.629. The van der Waals surface area contributed by atoms with Crippen LogP contribution in [-0.2, 0) is 16.1 Å². The van der Waals surface area contributed by atoms with E-state index in [9.17, 15) is 14.7 Å². The molecule has 1 amide bonds. The summed E-state index contributed by atoms with van der Waals surface area (Å²) in [7, 11) is 1.61. The van der Waals surface area contributed by atoms with Gasteiger partial charge in [0.1, 0.15) is 30.2 Å². The highest BCUT2D eigenvalue weighted by Crippen LogP contribution is 2.33. The van der Waals surface area contributed by atoms with E-state index < -0.39 is 18.1 Å². The van der Waals surface area contributed by atoms with Crippen LogP contribution < -0.4 is 19.7 Å². The molecule has 1 aliphatic heterocycles. The second kappa shape index (κ2) is 10.7. The van der Waals surface area contributed by atoms with E-state index in [1.165, 1.54) is 6.42 Å². The molecule has 1 fully saturated rings. The van der Waals surface area contributed by atoms with Gasteiger partial charge in [-0.1, -0.05) is 56.4 Å². The number of carbonyl (C=O) groups excluding carboxylic acids is 1. The summed E-state index contributed by atoms with van der Waals surface area (Å²) in [6.45, 7) is 0.436. The van der Waals surface area contributed by atoms with Crippen LogP contribution in [0.2, 0.25) is 0 Å². The summed E-state index contributed by atoms with van der Waals surface area (Å²) in [5, 5.41) is 13.0. The van der Waals surface area contributed by atoms with Gasteiger partial charge in [0.15, 0.2) is 0 Å². The Balaban J connectivity index is 1.55. The van der Waals surface area contributed by atoms with Gasteiger partial charge in [0, 0.05) is 0 Å². The highest BCUT2D eigenvalue weighted by atomic mass is 16.5. The summed E-state index contributed by atoms with van der Waals surface area (Å²) in [4.78, 5) is 27.4.